The maximum Gasteiger partial charge on any atom is 0.329 e. The van der Waals surface area contributed by atoms with Crippen molar-refractivity contribution in [2.75, 3.05) is 39.5 Å². The first kappa shape index (κ1) is 76.0. The number of esters is 2. The van der Waals surface area contributed by atoms with Crippen molar-refractivity contribution in [1.82, 2.24) is 20.4 Å². The van der Waals surface area contributed by atoms with E-state index in [1.54, 1.807) is 36.4 Å². The maximum atomic E-state index is 17.0. The Labute approximate surface area is 687 Å². The zero-order chi connectivity index (χ0) is 82.8. The minimum atomic E-state index is -1.74. The predicted molar refractivity (Wildman–Crippen MR) is 452 cm³/mol. The van der Waals surface area contributed by atoms with Crippen molar-refractivity contribution in [3.8, 4) is 46.0 Å². The van der Waals surface area contributed by atoms with Gasteiger partial charge in [0.2, 0.25) is 11.8 Å². The molecule has 4 unspecified atom stereocenters. The number of epoxide rings is 2. The van der Waals surface area contributed by atoms with Crippen LogP contribution in [0.4, 0.5) is 0 Å². The van der Waals surface area contributed by atoms with E-state index in [0.717, 1.165) is 65.1 Å². The summed E-state index contributed by atoms with van der Waals surface area (Å²) in [7, 11) is 0. The van der Waals surface area contributed by atoms with E-state index < -0.39 is 72.7 Å². The molecule has 2 aromatic heterocycles. The number of nitrogens with zero attached hydrogens (tertiary/aromatic N) is 2. The Hall–Kier alpha value is -14.0. The van der Waals surface area contributed by atoms with Crippen molar-refractivity contribution in [2.45, 2.75) is 105 Å². The number of furan rings is 2. The Morgan fingerprint density at radius 3 is 0.958 bits per heavy atom. The van der Waals surface area contributed by atoms with Crippen LogP contribution in [-0.2, 0) is 51.0 Å². The molecule has 0 spiro atoms. The number of fused-ring (bicyclic) bond motifs is 8. The average Bonchev–Trinajstić information content (AvgIpc) is 0.730. The number of benzene rings is 13. The van der Waals surface area contributed by atoms with E-state index in [-0.39, 0.29) is 139 Å². The maximum absolute atomic E-state index is 17.0. The van der Waals surface area contributed by atoms with Crippen molar-refractivity contribution in [3.63, 3.8) is 0 Å². The van der Waals surface area contributed by atoms with Crippen molar-refractivity contribution < 1.29 is 85.1 Å². The fourth-order valence-electron chi connectivity index (χ4n) is 17.5. The normalized spacial score (nSPS) is 15.4. The van der Waals surface area contributed by atoms with Crippen LogP contribution in [-0.4, -0.2) is 121 Å². The molecule has 0 radical (unpaired) electrons. The van der Waals surface area contributed by atoms with Gasteiger partial charge < -0.3 is 57.4 Å². The molecule has 4 aliphatic heterocycles. The topological polar surface area (TPSA) is 274 Å². The van der Waals surface area contributed by atoms with E-state index in [0.29, 0.717) is 80.4 Å². The van der Waals surface area contributed by atoms with E-state index in [1.807, 2.05) is 201 Å². The van der Waals surface area contributed by atoms with Crippen LogP contribution < -0.4 is 29.6 Å². The fourth-order valence-corrected chi connectivity index (χ4v) is 17.5. The number of aryl methyl sites for hydroxylation is 8. The molecule has 2 N–H and O–H groups in total. The number of nitrogens with one attached hydrogen (secondary N) is 2. The van der Waals surface area contributed by atoms with Gasteiger partial charge in [0.25, 0.3) is 23.6 Å². The number of amides is 6. The Morgan fingerprint density at radius 2 is 0.658 bits per heavy atom. The molecule has 6 amide bonds. The van der Waals surface area contributed by atoms with Crippen LogP contribution in [0.1, 0.15) is 110 Å². The molecule has 19 rings (SSSR count). The van der Waals surface area contributed by atoms with Crippen molar-refractivity contribution in [1.29, 1.82) is 0 Å². The number of imide groups is 2. The first-order valence-electron chi connectivity index (χ1n) is 40.1. The highest BCUT2D eigenvalue weighted by Gasteiger charge is 2.48. The molecule has 22 nitrogen and oxygen atoms in total. The summed E-state index contributed by atoms with van der Waals surface area (Å²) < 4.78 is 65.7. The van der Waals surface area contributed by atoms with Crippen LogP contribution in [0.2, 0.25) is 0 Å². The molecule has 0 bridgehead atoms. The summed E-state index contributed by atoms with van der Waals surface area (Å²) in [5.41, 5.74) is 8.96. The number of ether oxygens (including phenoxy) is 8. The van der Waals surface area contributed by atoms with Gasteiger partial charge in [0.1, 0.15) is 93.6 Å². The van der Waals surface area contributed by atoms with Gasteiger partial charge in [-0.3, -0.25) is 38.6 Å². The van der Waals surface area contributed by atoms with Crippen molar-refractivity contribution >= 4 is 134 Å². The monoisotopic (exact) mass is 1600 g/mol. The van der Waals surface area contributed by atoms with Gasteiger partial charge in [0.15, 0.2) is 0 Å². The molecule has 120 heavy (non-hydrogen) atoms. The van der Waals surface area contributed by atoms with Crippen LogP contribution in [0, 0.1) is 55.4 Å². The van der Waals surface area contributed by atoms with E-state index in [9.17, 15) is 9.59 Å². The minimum absolute atomic E-state index is 0.00953. The van der Waals surface area contributed by atoms with E-state index in [2.05, 4.69) is 10.6 Å². The lowest BCUT2D eigenvalue weighted by Crippen LogP contribution is -2.52. The van der Waals surface area contributed by atoms with Gasteiger partial charge in [-0.15, -0.1) is 0 Å². The lowest BCUT2D eigenvalue weighted by Gasteiger charge is -2.35. The van der Waals surface area contributed by atoms with Crippen LogP contribution >= 0.6 is 0 Å². The number of hydrogen-bond donors (Lipinski definition) is 2. The second-order valence-electron chi connectivity index (χ2n) is 31.9. The molecule has 2 fully saturated rings. The van der Waals surface area contributed by atoms with Crippen LogP contribution in [0.3, 0.4) is 0 Å². The highest BCUT2D eigenvalue weighted by Crippen LogP contribution is 2.59. The standard InChI is InChI=1S/C98H80N4O18/c1-49-27-50(2)32-59(31-49)115-77-41-69-83-70(94(106)101(93(69)105)73(97(109)111-25-23-81(103)99-45-63-47-113-63)39-57-15-13-19-67-65-17-9-11-21-75(65)119-91(57)67)43-79(117-61-35-53(5)29-54(6)36-61)87-88-80(118-62-37-55(7)30-56(8)38-62)44-72-84-71(42-78(86(90(84)88)85(77)89(83)87)116-60-33-51(3)28-52(4)34-60)95(107)102(96(72)108)74(98(110)112-26-24-82(104)100-46-64-48-114-64)40-58-16-14-20-68-66-18-10-12-22-76(66)120-92(58)68/h9-22,27-38,41-44,63-64,73-74H,23-26,39-40,45-48H2,1-8H3,(H,99,103)(H,100,104). The average molecular weight is 1600 g/mol. The zero-order valence-corrected chi connectivity index (χ0v) is 66.9. The molecule has 4 aliphatic rings. The summed E-state index contributed by atoms with van der Waals surface area (Å²) in [4.78, 5) is 128. The Bertz CT molecular complexity index is 6200. The zero-order valence-electron chi connectivity index (χ0n) is 66.9. The lowest BCUT2D eigenvalue weighted by atomic mass is 9.80. The highest BCUT2D eigenvalue weighted by atomic mass is 16.6. The molecule has 22 heteroatoms. The first-order valence-corrected chi connectivity index (χ1v) is 40.1. The number of carbonyl (C=O) groups is 8. The Balaban J connectivity index is 0.890. The third kappa shape index (κ3) is 14.1. The van der Waals surface area contributed by atoms with Gasteiger partial charge in [0.05, 0.1) is 60.5 Å². The minimum Gasteiger partial charge on any atom is -0.464 e. The second-order valence-corrected chi connectivity index (χ2v) is 31.9. The van der Waals surface area contributed by atoms with E-state index >= 15 is 28.8 Å². The summed E-state index contributed by atoms with van der Waals surface area (Å²) in [5, 5.41) is 10.1. The molecule has 6 heterocycles. The molecule has 0 saturated carbocycles. The molecule has 13 aromatic carbocycles. The van der Waals surface area contributed by atoms with E-state index in [1.165, 1.54) is 0 Å². The smallest absolute Gasteiger partial charge is 0.329 e. The summed E-state index contributed by atoms with van der Waals surface area (Å²) in [5.74, 6) is -5.22. The summed E-state index contributed by atoms with van der Waals surface area (Å²) in [6.07, 6.45) is -1.40. The second kappa shape index (κ2) is 30.2. The third-order valence-electron chi connectivity index (χ3n) is 22.6. The number of para-hydroxylation sites is 4. The highest BCUT2D eigenvalue weighted by molar-refractivity contribution is 6.45. The summed E-state index contributed by atoms with van der Waals surface area (Å²) in [6.45, 7) is 16.0. The van der Waals surface area contributed by atoms with Gasteiger partial charge in [-0.1, -0.05) is 97.1 Å². The number of rotatable bonds is 26. The molecular formula is C98H80N4O18. The van der Waals surface area contributed by atoms with Gasteiger partial charge in [-0.2, -0.15) is 0 Å². The van der Waals surface area contributed by atoms with Crippen molar-refractivity contribution in [2.24, 2.45) is 0 Å². The predicted octanol–water partition coefficient (Wildman–Crippen LogP) is 18.5. The Morgan fingerprint density at radius 1 is 0.367 bits per heavy atom. The van der Waals surface area contributed by atoms with Crippen LogP contribution in [0.5, 0.6) is 46.0 Å². The largest absolute Gasteiger partial charge is 0.464 e. The molecule has 15 aromatic rings. The molecule has 2 saturated heterocycles. The summed E-state index contributed by atoms with van der Waals surface area (Å²) in [6, 6.07) is 51.1. The number of hydrogen-bond acceptors (Lipinski definition) is 18. The molecule has 4 atom stereocenters. The van der Waals surface area contributed by atoms with Crippen LogP contribution in [0.15, 0.2) is 191 Å². The SMILES string of the molecule is Cc1cc(C)cc(Oc2cc3c4c(cc(Oc5cc(C)cc(C)c5)c5c6c(Oc7cc(C)cc(C)c7)cc7c8c(cc(Oc9cc(C)cc(C)c9)c(c2c45)c86)C(=O)N(C(Cc2cccc4c2oc2ccccc24)C(=O)OCCC(=O)NCC2CO2)C7=O)C(=O)N(C(Cc2cccc4c2oc2ccccc24)C(=O)OCCC(=O)NCC2CO2)C3=O)c1. The van der Waals surface area contributed by atoms with Gasteiger partial charge >= 0.3 is 11.9 Å². The van der Waals surface area contributed by atoms with Gasteiger partial charge in [0, 0.05) is 90.6 Å². The third-order valence-corrected chi connectivity index (χ3v) is 22.6. The van der Waals surface area contributed by atoms with Gasteiger partial charge in [-0.05, 0) is 196 Å². The molecular weight excluding hydrogens is 1520 g/mol. The molecule has 600 valence electrons. The fraction of sp³-hybridized carbons (Fsp3) is 0.224. The molecule has 0 aliphatic carbocycles. The van der Waals surface area contributed by atoms with Crippen molar-refractivity contribution in [3.05, 3.63) is 260 Å². The van der Waals surface area contributed by atoms with E-state index in [4.69, 9.17) is 46.7 Å². The Kier molecular flexibility index (Phi) is 19.1. The first-order chi connectivity index (χ1) is 58.0. The quantitative estimate of drug-likeness (QED) is 0.0168. The summed E-state index contributed by atoms with van der Waals surface area (Å²) >= 11 is 0. The van der Waals surface area contributed by atoms with Crippen LogP contribution in [0.25, 0.3) is 87.0 Å². The van der Waals surface area contributed by atoms with Gasteiger partial charge in [-0.25, -0.2) is 9.59 Å². The number of carbonyl (C=O) groups excluding carboxylic acids is 8. The lowest BCUT2D eigenvalue weighted by molar-refractivity contribution is -0.150.